The Bertz CT molecular complexity index is 672. The highest BCUT2D eigenvalue weighted by atomic mass is 35.5. The molecule has 0 unspecified atom stereocenters. The average molecular weight is 305 g/mol. The fraction of sp³-hybridized carbons (Fsp3) is 0.200. The van der Waals surface area contributed by atoms with Crippen LogP contribution in [0, 0.1) is 6.92 Å². The van der Waals surface area contributed by atoms with Crippen LogP contribution in [0.15, 0.2) is 41.6 Å². The van der Waals surface area contributed by atoms with Crippen molar-refractivity contribution in [2.75, 3.05) is 11.9 Å². The number of pyridine rings is 1. The monoisotopic (exact) mass is 304 g/mol. The molecule has 1 aromatic carbocycles. The summed E-state index contributed by atoms with van der Waals surface area (Å²) in [6.45, 7) is 2.53. The lowest BCUT2D eigenvalue weighted by Gasteiger charge is -2.19. The van der Waals surface area contributed by atoms with Crippen LogP contribution in [0.25, 0.3) is 0 Å². The molecular weight excluding hydrogens is 288 g/mol. The van der Waals surface area contributed by atoms with Crippen molar-refractivity contribution in [2.45, 2.75) is 13.5 Å². The Labute approximate surface area is 128 Å². The topological polar surface area (TPSA) is 74.7 Å². The Balaban J connectivity index is 2.26. The number of nitrogens with zero attached hydrogens (tertiary/aromatic N) is 3. The number of amidine groups is 1. The molecule has 6 heteroatoms. The number of hydrogen-bond donors (Lipinski definition) is 2. The van der Waals surface area contributed by atoms with Gasteiger partial charge in [-0.2, -0.15) is 0 Å². The van der Waals surface area contributed by atoms with Gasteiger partial charge in [0.15, 0.2) is 5.84 Å². The number of rotatable bonds is 4. The van der Waals surface area contributed by atoms with Gasteiger partial charge in [-0.25, -0.2) is 4.98 Å². The second-order valence-corrected chi connectivity index (χ2v) is 5.26. The number of nitrogens with two attached hydrogens (primary N) is 1. The third-order valence-electron chi connectivity index (χ3n) is 3.04. The summed E-state index contributed by atoms with van der Waals surface area (Å²) in [5.41, 5.74) is 8.16. The third kappa shape index (κ3) is 3.86. The van der Waals surface area contributed by atoms with E-state index in [4.69, 9.17) is 22.5 Å². The summed E-state index contributed by atoms with van der Waals surface area (Å²) in [6, 6.07) is 11.2. The highest BCUT2D eigenvalue weighted by molar-refractivity contribution is 6.30. The largest absolute Gasteiger partial charge is 0.409 e. The first kappa shape index (κ1) is 15.1. The summed E-state index contributed by atoms with van der Waals surface area (Å²) in [6.07, 6.45) is 0. The highest BCUT2D eigenvalue weighted by Gasteiger charge is 2.09. The van der Waals surface area contributed by atoms with E-state index in [1.54, 1.807) is 12.1 Å². The summed E-state index contributed by atoms with van der Waals surface area (Å²) >= 11 is 5.99. The quantitative estimate of drug-likeness (QED) is 0.394. The lowest BCUT2D eigenvalue weighted by atomic mass is 10.2. The maximum Gasteiger partial charge on any atom is 0.170 e. The summed E-state index contributed by atoms with van der Waals surface area (Å²) in [5.74, 6) is 0.814. The van der Waals surface area contributed by atoms with Crippen LogP contribution >= 0.6 is 11.6 Å². The van der Waals surface area contributed by atoms with Gasteiger partial charge in [0.05, 0.1) is 0 Å². The molecule has 21 heavy (non-hydrogen) atoms. The summed E-state index contributed by atoms with van der Waals surface area (Å²) in [4.78, 5) is 6.45. The number of aromatic nitrogens is 1. The van der Waals surface area contributed by atoms with Gasteiger partial charge in [0.25, 0.3) is 0 Å². The van der Waals surface area contributed by atoms with Crippen molar-refractivity contribution in [1.82, 2.24) is 4.98 Å². The Hall–Kier alpha value is -2.27. The van der Waals surface area contributed by atoms with Crippen molar-refractivity contribution in [3.8, 4) is 0 Å². The van der Waals surface area contributed by atoms with Crippen molar-refractivity contribution in [2.24, 2.45) is 10.9 Å². The van der Waals surface area contributed by atoms with Gasteiger partial charge in [-0.3, -0.25) is 0 Å². The molecule has 2 aromatic rings. The third-order valence-corrected chi connectivity index (χ3v) is 3.28. The van der Waals surface area contributed by atoms with Crippen LogP contribution in [0.2, 0.25) is 5.02 Å². The molecule has 1 heterocycles. The van der Waals surface area contributed by atoms with Gasteiger partial charge in [-0.1, -0.05) is 28.9 Å². The number of hydrogen-bond acceptors (Lipinski definition) is 4. The Morgan fingerprint density at radius 1 is 1.38 bits per heavy atom. The smallest absolute Gasteiger partial charge is 0.170 e. The van der Waals surface area contributed by atoms with Crippen LogP contribution in [0.5, 0.6) is 0 Å². The molecule has 0 aliphatic heterocycles. The summed E-state index contributed by atoms with van der Waals surface area (Å²) in [5, 5.41) is 12.5. The zero-order chi connectivity index (χ0) is 15.4. The fourth-order valence-corrected chi connectivity index (χ4v) is 2.26. The lowest BCUT2D eigenvalue weighted by Crippen LogP contribution is -2.20. The first-order valence-electron chi connectivity index (χ1n) is 6.42. The van der Waals surface area contributed by atoms with Crippen molar-refractivity contribution >= 4 is 23.3 Å². The SMILES string of the molecule is Cc1cc(/C(N)=N/O)cc(N(C)Cc2cccc(Cl)c2)n1. The van der Waals surface area contributed by atoms with E-state index in [1.807, 2.05) is 43.1 Å². The molecule has 0 aliphatic rings. The minimum absolute atomic E-state index is 0.0675. The molecule has 0 aliphatic carbocycles. The van der Waals surface area contributed by atoms with Crippen LogP contribution in [-0.4, -0.2) is 23.1 Å². The second-order valence-electron chi connectivity index (χ2n) is 4.83. The van der Waals surface area contributed by atoms with Crippen molar-refractivity contribution in [3.63, 3.8) is 0 Å². The molecule has 0 amide bonds. The minimum Gasteiger partial charge on any atom is -0.409 e. The first-order valence-corrected chi connectivity index (χ1v) is 6.79. The van der Waals surface area contributed by atoms with Crippen LogP contribution in [-0.2, 0) is 6.54 Å². The van der Waals surface area contributed by atoms with Crippen LogP contribution < -0.4 is 10.6 Å². The maximum absolute atomic E-state index is 8.79. The zero-order valence-corrected chi connectivity index (χ0v) is 12.7. The predicted octanol–water partition coefficient (Wildman–Crippen LogP) is 2.77. The van der Waals surface area contributed by atoms with E-state index in [1.165, 1.54) is 0 Å². The number of halogens is 1. The summed E-state index contributed by atoms with van der Waals surface area (Å²) < 4.78 is 0. The van der Waals surface area contributed by atoms with Gasteiger partial charge in [-0.15, -0.1) is 0 Å². The molecule has 110 valence electrons. The van der Waals surface area contributed by atoms with Crippen LogP contribution in [0.4, 0.5) is 5.82 Å². The molecule has 5 nitrogen and oxygen atoms in total. The molecule has 2 rings (SSSR count). The van der Waals surface area contributed by atoms with E-state index in [0.29, 0.717) is 17.1 Å². The van der Waals surface area contributed by atoms with E-state index in [0.717, 1.165) is 17.1 Å². The number of oxime groups is 1. The molecule has 0 saturated carbocycles. The zero-order valence-electron chi connectivity index (χ0n) is 11.9. The fourth-order valence-electron chi connectivity index (χ4n) is 2.04. The van der Waals surface area contributed by atoms with Gasteiger partial charge >= 0.3 is 0 Å². The van der Waals surface area contributed by atoms with Gasteiger partial charge < -0.3 is 15.8 Å². The van der Waals surface area contributed by atoms with Crippen LogP contribution in [0.1, 0.15) is 16.8 Å². The van der Waals surface area contributed by atoms with Crippen LogP contribution in [0.3, 0.4) is 0 Å². The predicted molar refractivity (Wildman–Crippen MR) is 85.0 cm³/mol. The second kappa shape index (κ2) is 6.45. The van der Waals surface area contributed by atoms with Crippen molar-refractivity contribution < 1.29 is 5.21 Å². The van der Waals surface area contributed by atoms with E-state index in [2.05, 4.69) is 10.1 Å². The molecule has 0 saturated heterocycles. The maximum atomic E-state index is 8.79. The molecule has 0 bridgehead atoms. The van der Waals surface area contributed by atoms with E-state index in [9.17, 15) is 0 Å². The summed E-state index contributed by atoms with van der Waals surface area (Å²) in [7, 11) is 1.93. The van der Waals surface area contributed by atoms with Crippen molar-refractivity contribution in [3.05, 3.63) is 58.2 Å². The standard InChI is InChI=1S/C15H17ClN4O/c1-10-6-12(15(17)19-21)8-14(18-10)20(2)9-11-4-3-5-13(16)7-11/h3-8,21H,9H2,1-2H3,(H2,17,19). The molecule has 1 aromatic heterocycles. The normalized spacial score (nSPS) is 11.5. The molecule has 0 atom stereocenters. The van der Waals surface area contributed by atoms with Crippen molar-refractivity contribution in [1.29, 1.82) is 0 Å². The molecular formula is C15H17ClN4O. The average Bonchev–Trinajstić information content (AvgIpc) is 2.45. The highest BCUT2D eigenvalue weighted by Crippen LogP contribution is 2.18. The molecule has 0 radical (unpaired) electrons. The number of anilines is 1. The molecule has 0 fully saturated rings. The number of benzene rings is 1. The Kier molecular flexibility index (Phi) is 4.65. The van der Waals surface area contributed by atoms with Gasteiger partial charge in [0.2, 0.25) is 0 Å². The van der Waals surface area contributed by atoms with Gasteiger partial charge in [0, 0.05) is 29.9 Å². The Morgan fingerprint density at radius 3 is 2.81 bits per heavy atom. The molecule has 3 N–H and O–H groups in total. The van der Waals surface area contributed by atoms with E-state index in [-0.39, 0.29) is 5.84 Å². The Morgan fingerprint density at radius 2 is 2.14 bits per heavy atom. The lowest BCUT2D eigenvalue weighted by molar-refractivity contribution is 0.318. The van der Waals surface area contributed by atoms with E-state index < -0.39 is 0 Å². The first-order chi connectivity index (χ1) is 9.99. The minimum atomic E-state index is 0.0675. The van der Waals surface area contributed by atoms with E-state index >= 15 is 0 Å². The number of aryl methyl sites for hydroxylation is 1. The molecule has 0 spiro atoms. The van der Waals surface area contributed by atoms with Gasteiger partial charge in [-0.05, 0) is 36.8 Å². The van der Waals surface area contributed by atoms with Gasteiger partial charge in [0.1, 0.15) is 5.82 Å².